The predicted octanol–water partition coefficient (Wildman–Crippen LogP) is 2.55. The van der Waals surface area contributed by atoms with Gasteiger partial charge in [-0.2, -0.15) is 5.26 Å². The molecule has 1 rings (SSSR count). The van der Waals surface area contributed by atoms with E-state index in [0.717, 1.165) is 0 Å². The topological polar surface area (TPSA) is 78.9 Å². The number of nitrogens with two attached hydrogens (primary N) is 1. The van der Waals surface area contributed by atoms with Crippen LogP contribution in [0, 0.1) is 23.1 Å². The van der Waals surface area contributed by atoms with Crippen molar-refractivity contribution in [3.8, 4) is 6.07 Å². The summed E-state index contributed by atoms with van der Waals surface area (Å²) in [7, 11) is 0. The molecule has 0 saturated carbocycles. The Bertz CT molecular complexity index is 542. The van der Waals surface area contributed by atoms with Crippen molar-refractivity contribution in [2.45, 2.75) is 31.2 Å². The molecule has 108 valence electrons. The molecule has 3 N–H and O–H groups in total. The quantitative estimate of drug-likeness (QED) is 0.646. The summed E-state index contributed by atoms with van der Waals surface area (Å²) in [5, 5.41) is 11.8. The lowest BCUT2D eigenvalue weighted by molar-refractivity contribution is -0.120. The summed E-state index contributed by atoms with van der Waals surface area (Å²) in [6.45, 7) is 5.43. The van der Waals surface area contributed by atoms with Crippen LogP contribution in [-0.2, 0) is 4.79 Å². The minimum atomic E-state index is -0.897. The van der Waals surface area contributed by atoms with E-state index in [2.05, 4.69) is 11.4 Å². The molecule has 0 radical (unpaired) electrons. The van der Waals surface area contributed by atoms with Crippen LogP contribution in [0.5, 0.6) is 0 Å². The van der Waals surface area contributed by atoms with Gasteiger partial charge < -0.3 is 11.1 Å². The summed E-state index contributed by atoms with van der Waals surface area (Å²) in [6, 6.07) is 6.16. The molecular formula is C14H18FN3OS. The molecule has 1 aromatic carbocycles. The van der Waals surface area contributed by atoms with Crippen LogP contribution in [0.25, 0.3) is 0 Å². The monoisotopic (exact) mass is 295 g/mol. The first-order valence-electron chi connectivity index (χ1n) is 6.18. The number of halogens is 1. The van der Waals surface area contributed by atoms with Gasteiger partial charge in [-0.3, -0.25) is 4.79 Å². The maximum absolute atomic E-state index is 12.9. The zero-order chi connectivity index (χ0) is 15.3. The van der Waals surface area contributed by atoms with Gasteiger partial charge in [0.15, 0.2) is 0 Å². The van der Waals surface area contributed by atoms with E-state index < -0.39 is 11.4 Å². The Labute approximate surface area is 122 Å². The first kappa shape index (κ1) is 16.3. The molecule has 0 bridgehead atoms. The highest BCUT2D eigenvalue weighted by Gasteiger charge is 2.29. The van der Waals surface area contributed by atoms with Crippen molar-refractivity contribution in [2.75, 3.05) is 11.5 Å². The summed E-state index contributed by atoms with van der Waals surface area (Å²) >= 11 is 1.21. The lowest BCUT2D eigenvalue weighted by Crippen LogP contribution is -2.49. The van der Waals surface area contributed by atoms with Crippen molar-refractivity contribution in [1.82, 2.24) is 5.32 Å². The van der Waals surface area contributed by atoms with Crippen LogP contribution in [0.1, 0.15) is 20.8 Å². The van der Waals surface area contributed by atoms with E-state index in [0.29, 0.717) is 10.6 Å². The second kappa shape index (κ2) is 6.62. The van der Waals surface area contributed by atoms with E-state index in [1.165, 1.54) is 30.0 Å². The van der Waals surface area contributed by atoms with Crippen LogP contribution in [-0.4, -0.2) is 17.2 Å². The van der Waals surface area contributed by atoms with E-state index in [1.807, 2.05) is 13.8 Å². The van der Waals surface area contributed by atoms with Crippen molar-refractivity contribution in [3.05, 3.63) is 24.0 Å². The number of carbonyl (C=O) groups is 1. The Hall–Kier alpha value is -1.74. The van der Waals surface area contributed by atoms with Gasteiger partial charge in [-0.15, -0.1) is 11.8 Å². The molecule has 0 aliphatic carbocycles. The number of nitriles is 1. The van der Waals surface area contributed by atoms with Gasteiger partial charge in [0.05, 0.1) is 11.8 Å². The number of anilines is 1. The van der Waals surface area contributed by atoms with E-state index in [-0.39, 0.29) is 17.6 Å². The fraction of sp³-hybridized carbons (Fsp3) is 0.429. The minimum Gasteiger partial charge on any atom is -0.398 e. The Morgan fingerprint density at radius 1 is 1.60 bits per heavy atom. The third-order valence-corrected chi connectivity index (χ3v) is 4.21. The molecule has 1 atom stereocenters. The molecule has 1 unspecified atom stereocenters. The number of benzene rings is 1. The molecule has 6 heteroatoms. The van der Waals surface area contributed by atoms with Gasteiger partial charge in [0, 0.05) is 10.6 Å². The third-order valence-electron chi connectivity index (χ3n) is 3.12. The van der Waals surface area contributed by atoms with Gasteiger partial charge in [-0.1, -0.05) is 13.8 Å². The van der Waals surface area contributed by atoms with Crippen LogP contribution in [0.15, 0.2) is 23.1 Å². The van der Waals surface area contributed by atoms with E-state index in [9.17, 15) is 9.18 Å². The summed E-state index contributed by atoms with van der Waals surface area (Å²) in [5.74, 6) is -0.540. The lowest BCUT2D eigenvalue weighted by atomic mass is 9.90. The SMILES string of the molecule is CC(C)C(C)(C#N)NC(=O)CSc1ccc(F)cc1N. The van der Waals surface area contributed by atoms with Crippen molar-refractivity contribution >= 4 is 23.4 Å². The molecule has 0 aliphatic rings. The number of thioether (sulfide) groups is 1. The number of nitrogens with one attached hydrogen (secondary N) is 1. The van der Waals surface area contributed by atoms with Crippen LogP contribution < -0.4 is 11.1 Å². The molecule has 0 fully saturated rings. The largest absolute Gasteiger partial charge is 0.398 e. The number of hydrogen-bond acceptors (Lipinski definition) is 4. The van der Waals surface area contributed by atoms with Crippen LogP contribution in [0.2, 0.25) is 0 Å². The zero-order valence-electron chi connectivity index (χ0n) is 11.7. The van der Waals surface area contributed by atoms with Gasteiger partial charge in [0.1, 0.15) is 11.4 Å². The third kappa shape index (κ3) is 4.14. The molecule has 1 amide bonds. The Morgan fingerprint density at radius 3 is 2.75 bits per heavy atom. The van der Waals surface area contributed by atoms with Crippen LogP contribution in [0.4, 0.5) is 10.1 Å². The second-order valence-corrected chi connectivity index (χ2v) is 6.01. The maximum Gasteiger partial charge on any atom is 0.231 e. The molecule has 0 aliphatic heterocycles. The smallest absolute Gasteiger partial charge is 0.231 e. The number of carbonyl (C=O) groups excluding carboxylic acids is 1. The first-order valence-corrected chi connectivity index (χ1v) is 7.17. The van der Waals surface area contributed by atoms with Gasteiger partial charge in [0.2, 0.25) is 5.91 Å². The van der Waals surface area contributed by atoms with Crippen LogP contribution >= 0.6 is 11.8 Å². The number of rotatable bonds is 5. The van der Waals surface area contributed by atoms with Gasteiger partial charge in [0.25, 0.3) is 0 Å². The molecule has 1 aromatic rings. The van der Waals surface area contributed by atoms with E-state index >= 15 is 0 Å². The molecular weight excluding hydrogens is 277 g/mol. The Kier molecular flexibility index (Phi) is 5.40. The highest BCUT2D eigenvalue weighted by atomic mass is 32.2. The van der Waals surface area contributed by atoms with E-state index in [1.54, 1.807) is 6.92 Å². The Morgan fingerprint density at radius 2 is 2.25 bits per heavy atom. The highest BCUT2D eigenvalue weighted by Crippen LogP contribution is 2.25. The minimum absolute atomic E-state index is 0.00246. The molecule has 0 saturated heterocycles. The fourth-order valence-electron chi connectivity index (χ4n) is 1.42. The number of hydrogen-bond donors (Lipinski definition) is 2. The van der Waals surface area contributed by atoms with E-state index in [4.69, 9.17) is 11.0 Å². The highest BCUT2D eigenvalue weighted by molar-refractivity contribution is 8.00. The standard InChI is InChI=1S/C14H18FN3OS/c1-9(2)14(3,8-16)18-13(19)7-20-12-5-4-10(15)6-11(12)17/h4-6,9H,7,17H2,1-3H3,(H,18,19). The molecule has 0 spiro atoms. The second-order valence-electron chi connectivity index (χ2n) is 4.99. The van der Waals surface area contributed by atoms with Crippen molar-refractivity contribution in [3.63, 3.8) is 0 Å². The number of nitrogens with zero attached hydrogens (tertiary/aromatic N) is 1. The van der Waals surface area contributed by atoms with Crippen molar-refractivity contribution < 1.29 is 9.18 Å². The maximum atomic E-state index is 12.9. The summed E-state index contributed by atoms with van der Waals surface area (Å²) < 4.78 is 12.9. The average Bonchev–Trinajstić information content (AvgIpc) is 2.37. The summed E-state index contributed by atoms with van der Waals surface area (Å²) in [5.41, 5.74) is 5.07. The summed E-state index contributed by atoms with van der Waals surface area (Å²) in [6.07, 6.45) is 0. The molecule has 4 nitrogen and oxygen atoms in total. The first-order chi connectivity index (χ1) is 9.28. The lowest BCUT2D eigenvalue weighted by Gasteiger charge is -2.27. The van der Waals surface area contributed by atoms with Gasteiger partial charge in [-0.25, -0.2) is 4.39 Å². The Balaban J connectivity index is 2.62. The van der Waals surface area contributed by atoms with Crippen molar-refractivity contribution in [2.24, 2.45) is 5.92 Å². The normalized spacial score (nSPS) is 13.6. The van der Waals surface area contributed by atoms with Crippen molar-refractivity contribution in [1.29, 1.82) is 5.26 Å². The zero-order valence-corrected chi connectivity index (χ0v) is 12.6. The predicted molar refractivity (Wildman–Crippen MR) is 78.5 cm³/mol. The van der Waals surface area contributed by atoms with Gasteiger partial charge >= 0.3 is 0 Å². The number of nitrogen functional groups attached to an aromatic ring is 1. The van der Waals surface area contributed by atoms with Crippen LogP contribution in [0.3, 0.4) is 0 Å². The fourth-order valence-corrected chi connectivity index (χ4v) is 2.17. The summed E-state index contributed by atoms with van der Waals surface area (Å²) in [4.78, 5) is 12.5. The van der Waals surface area contributed by atoms with Gasteiger partial charge in [-0.05, 0) is 31.0 Å². The molecule has 0 aromatic heterocycles. The molecule has 0 heterocycles. The average molecular weight is 295 g/mol. The molecule has 20 heavy (non-hydrogen) atoms. The number of amides is 1.